The van der Waals surface area contributed by atoms with E-state index < -0.39 is 10.0 Å². The number of aromatic nitrogens is 2. The molecule has 1 unspecified atom stereocenters. The summed E-state index contributed by atoms with van der Waals surface area (Å²) in [5, 5.41) is 3.18. The molecule has 0 aliphatic carbocycles. The van der Waals surface area contributed by atoms with Crippen LogP contribution in [0.1, 0.15) is 12.8 Å². The first kappa shape index (κ1) is 12.5. The topological polar surface area (TPSA) is 76.0 Å². The van der Waals surface area contributed by atoms with Crippen LogP contribution in [0.3, 0.4) is 0 Å². The van der Waals surface area contributed by atoms with E-state index in [0.29, 0.717) is 13.1 Å². The molecular weight excluding hydrogens is 240 g/mol. The number of hydrogen-bond acceptors (Lipinski definition) is 4. The van der Waals surface area contributed by atoms with E-state index in [4.69, 9.17) is 0 Å². The quantitative estimate of drug-likeness (QED) is 0.725. The van der Waals surface area contributed by atoms with Crippen molar-refractivity contribution in [3.63, 3.8) is 0 Å². The largest absolute Gasteiger partial charge is 0.336 e. The van der Waals surface area contributed by atoms with E-state index in [2.05, 4.69) is 15.0 Å². The molecule has 0 saturated carbocycles. The van der Waals surface area contributed by atoms with Crippen molar-refractivity contribution in [1.29, 1.82) is 0 Å². The molecule has 7 heteroatoms. The highest BCUT2D eigenvalue weighted by Crippen LogP contribution is 2.06. The summed E-state index contributed by atoms with van der Waals surface area (Å²) in [5.41, 5.74) is 0. The summed E-state index contributed by atoms with van der Waals surface area (Å²) in [5.74, 6) is 0.178. The standard InChI is InChI=1S/C10H18N4O2S/c15-17(16,8-10-2-1-3-12-10)13-5-7-14-6-4-11-9-14/h4,6,9-10,12-13H,1-3,5,7-8H2. The second-order valence-electron chi connectivity index (χ2n) is 4.27. The fourth-order valence-electron chi connectivity index (χ4n) is 1.97. The lowest BCUT2D eigenvalue weighted by atomic mass is 10.3. The maximum Gasteiger partial charge on any atom is 0.213 e. The first-order chi connectivity index (χ1) is 8.16. The number of nitrogens with one attached hydrogen (secondary N) is 2. The smallest absolute Gasteiger partial charge is 0.213 e. The number of sulfonamides is 1. The number of hydrogen-bond donors (Lipinski definition) is 2. The van der Waals surface area contributed by atoms with Crippen LogP contribution in [0.25, 0.3) is 0 Å². The van der Waals surface area contributed by atoms with E-state index in [9.17, 15) is 8.42 Å². The molecule has 1 fully saturated rings. The van der Waals surface area contributed by atoms with Crippen LogP contribution in [0.5, 0.6) is 0 Å². The molecule has 1 aliphatic rings. The predicted molar refractivity (Wildman–Crippen MR) is 65.0 cm³/mol. The minimum Gasteiger partial charge on any atom is -0.336 e. The van der Waals surface area contributed by atoms with Crippen molar-refractivity contribution in [3.8, 4) is 0 Å². The van der Waals surface area contributed by atoms with Crippen molar-refractivity contribution in [3.05, 3.63) is 18.7 Å². The van der Waals surface area contributed by atoms with Gasteiger partial charge in [0.05, 0.1) is 12.1 Å². The zero-order valence-electron chi connectivity index (χ0n) is 9.67. The molecule has 0 radical (unpaired) electrons. The molecule has 1 aliphatic heterocycles. The van der Waals surface area contributed by atoms with Gasteiger partial charge in [-0.15, -0.1) is 0 Å². The average molecular weight is 258 g/mol. The lowest BCUT2D eigenvalue weighted by Crippen LogP contribution is -2.37. The fourth-order valence-corrected chi connectivity index (χ4v) is 3.31. The summed E-state index contributed by atoms with van der Waals surface area (Å²) in [6.07, 6.45) is 7.17. The van der Waals surface area contributed by atoms with Crippen LogP contribution < -0.4 is 10.0 Å². The molecule has 17 heavy (non-hydrogen) atoms. The first-order valence-electron chi connectivity index (χ1n) is 5.82. The number of imidazole rings is 1. The van der Waals surface area contributed by atoms with Gasteiger partial charge in [-0.3, -0.25) is 0 Å². The van der Waals surface area contributed by atoms with Gasteiger partial charge in [0.2, 0.25) is 10.0 Å². The molecule has 96 valence electrons. The van der Waals surface area contributed by atoms with Gasteiger partial charge in [0.15, 0.2) is 0 Å². The molecule has 1 aromatic heterocycles. The van der Waals surface area contributed by atoms with Gasteiger partial charge in [-0.25, -0.2) is 18.1 Å². The van der Waals surface area contributed by atoms with Gasteiger partial charge >= 0.3 is 0 Å². The highest BCUT2D eigenvalue weighted by molar-refractivity contribution is 7.89. The summed E-state index contributed by atoms with van der Waals surface area (Å²) in [6, 6.07) is 0.112. The first-order valence-corrected chi connectivity index (χ1v) is 7.47. The summed E-state index contributed by atoms with van der Waals surface area (Å²) in [7, 11) is -3.16. The Hall–Kier alpha value is -0.920. The van der Waals surface area contributed by atoms with Crippen LogP contribution in [-0.4, -0.2) is 42.9 Å². The Bertz CT molecular complexity index is 423. The summed E-state index contributed by atoms with van der Waals surface area (Å²) >= 11 is 0. The molecule has 2 heterocycles. The summed E-state index contributed by atoms with van der Waals surface area (Å²) in [6.45, 7) is 1.94. The highest BCUT2D eigenvalue weighted by Gasteiger charge is 2.21. The third-order valence-electron chi connectivity index (χ3n) is 2.83. The van der Waals surface area contributed by atoms with E-state index in [0.717, 1.165) is 19.4 Å². The van der Waals surface area contributed by atoms with Gasteiger partial charge in [0.25, 0.3) is 0 Å². The Morgan fingerprint density at radius 3 is 3.06 bits per heavy atom. The maximum atomic E-state index is 11.7. The molecule has 2 rings (SSSR count). The van der Waals surface area contributed by atoms with Gasteiger partial charge in [-0.2, -0.15) is 0 Å². The Balaban J connectivity index is 1.73. The van der Waals surface area contributed by atoms with E-state index in [1.54, 1.807) is 12.5 Å². The second kappa shape index (κ2) is 5.61. The van der Waals surface area contributed by atoms with E-state index in [1.165, 1.54) is 0 Å². The molecule has 1 saturated heterocycles. The van der Waals surface area contributed by atoms with Crippen molar-refractivity contribution in [2.24, 2.45) is 0 Å². The Labute approximate surface area is 101 Å². The van der Waals surface area contributed by atoms with Crippen LogP contribution in [0.2, 0.25) is 0 Å². The van der Waals surface area contributed by atoms with Crippen molar-refractivity contribution >= 4 is 10.0 Å². The third kappa shape index (κ3) is 4.10. The third-order valence-corrected chi connectivity index (χ3v) is 4.32. The van der Waals surface area contributed by atoms with Crippen molar-refractivity contribution in [2.75, 3.05) is 18.8 Å². The molecular formula is C10H18N4O2S. The van der Waals surface area contributed by atoms with Crippen molar-refractivity contribution < 1.29 is 8.42 Å². The number of rotatable bonds is 6. The Morgan fingerprint density at radius 2 is 2.41 bits per heavy atom. The molecule has 0 amide bonds. The molecule has 6 nitrogen and oxygen atoms in total. The van der Waals surface area contributed by atoms with Crippen molar-refractivity contribution in [2.45, 2.75) is 25.4 Å². The fraction of sp³-hybridized carbons (Fsp3) is 0.700. The lowest BCUT2D eigenvalue weighted by molar-refractivity contribution is 0.557. The second-order valence-corrected chi connectivity index (χ2v) is 6.12. The molecule has 2 N–H and O–H groups in total. The van der Waals surface area contributed by atoms with Crippen LogP contribution in [0.4, 0.5) is 0 Å². The Morgan fingerprint density at radius 1 is 1.53 bits per heavy atom. The lowest BCUT2D eigenvalue weighted by Gasteiger charge is -2.11. The van der Waals surface area contributed by atoms with E-state index in [1.807, 2.05) is 10.8 Å². The minimum atomic E-state index is -3.16. The van der Waals surface area contributed by atoms with Gasteiger partial charge in [-0.05, 0) is 19.4 Å². The molecule has 0 spiro atoms. The van der Waals surface area contributed by atoms with Crippen molar-refractivity contribution in [1.82, 2.24) is 19.6 Å². The predicted octanol–water partition coefficient (Wildman–Crippen LogP) is -0.445. The van der Waals surface area contributed by atoms with Crippen LogP contribution >= 0.6 is 0 Å². The maximum absolute atomic E-state index is 11.7. The summed E-state index contributed by atoms with van der Waals surface area (Å²) < 4.78 is 27.9. The molecule has 0 bridgehead atoms. The van der Waals surface area contributed by atoms with Gasteiger partial charge in [0, 0.05) is 31.5 Å². The zero-order chi connectivity index (χ0) is 12.1. The van der Waals surface area contributed by atoms with Gasteiger partial charge < -0.3 is 9.88 Å². The average Bonchev–Trinajstić information content (AvgIpc) is 2.89. The van der Waals surface area contributed by atoms with Crippen LogP contribution in [0, 0.1) is 0 Å². The van der Waals surface area contributed by atoms with Crippen LogP contribution in [-0.2, 0) is 16.6 Å². The summed E-state index contributed by atoms with van der Waals surface area (Å²) in [4.78, 5) is 3.90. The zero-order valence-corrected chi connectivity index (χ0v) is 10.5. The Kier molecular flexibility index (Phi) is 4.14. The van der Waals surface area contributed by atoms with E-state index >= 15 is 0 Å². The van der Waals surface area contributed by atoms with E-state index in [-0.39, 0.29) is 11.8 Å². The molecule has 0 aromatic carbocycles. The number of nitrogens with zero attached hydrogens (tertiary/aromatic N) is 2. The monoisotopic (exact) mass is 258 g/mol. The van der Waals surface area contributed by atoms with Gasteiger partial charge in [0.1, 0.15) is 0 Å². The normalized spacial score (nSPS) is 20.8. The molecule has 1 aromatic rings. The highest BCUT2D eigenvalue weighted by atomic mass is 32.2. The van der Waals surface area contributed by atoms with Crippen LogP contribution in [0.15, 0.2) is 18.7 Å². The SMILES string of the molecule is O=S(=O)(CC1CCCN1)NCCn1ccnc1. The minimum absolute atomic E-state index is 0.112. The molecule has 1 atom stereocenters. The van der Waals surface area contributed by atoms with Gasteiger partial charge in [-0.1, -0.05) is 0 Å².